The summed E-state index contributed by atoms with van der Waals surface area (Å²) in [6, 6.07) is 13.4. The van der Waals surface area contributed by atoms with Gasteiger partial charge < -0.3 is 0 Å². The summed E-state index contributed by atoms with van der Waals surface area (Å²) < 4.78 is 0. The van der Waals surface area contributed by atoms with Crippen LogP contribution in [-0.4, -0.2) is 21.0 Å². The van der Waals surface area contributed by atoms with Gasteiger partial charge in [-0.15, -0.1) is 10.2 Å². The molecule has 27 heavy (non-hydrogen) atoms. The number of nitro benzene ring substituents is 1. The highest BCUT2D eigenvalue weighted by Crippen LogP contribution is 2.20. The molecule has 3 aromatic rings. The van der Waals surface area contributed by atoms with Crippen molar-refractivity contribution in [1.82, 2.24) is 10.2 Å². The number of nitro groups is 1. The van der Waals surface area contributed by atoms with Crippen molar-refractivity contribution in [2.75, 3.05) is 5.32 Å². The highest BCUT2D eigenvalue weighted by molar-refractivity contribution is 7.15. The van der Waals surface area contributed by atoms with Crippen molar-refractivity contribution >= 4 is 45.7 Å². The van der Waals surface area contributed by atoms with E-state index in [1.807, 2.05) is 12.1 Å². The van der Waals surface area contributed by atoms with Crippen LogP contribution in [0.4, 0.5) is 10.8 Å². The molecule has 136 valence electrons. The molecule has 0 bridgehead atoms. The first kappa shape index (κ1) is 18.7. The van der Waals surface area contributed by atoms with E-state index in [0.717, 1.165) is 10.6 Å². The zero-order valence-electron chi connectivity index (χ0n) is 13.8. The number of halogens is 1. The minimum absolute atomic E-state index is 0.0338. The number of carbonyl (C=O) groups excluding carboxylic acids is 1. The zero-order chi connectivity index (χ0) is 19.2. The lowest BCUT2D eigenvalue weighted by Crippen LogP contribution is -2.07. The van der Waals surface area contributed by atoms with E-state index in [1.165, 1.54) is 35.6 Å². The maximum absolute atomic E-state index is 12.0. The van der Waals surface area contributed by atoms with Crippen LogP contribution in [0.2, 0.25) is 5.02 Å². The van der Waals surface area contributed by atoms with Crippen molar-refractivity contribution in [2.24, 2.45) is 0 Å². The Morgan fingerprint density at radius 2 is 2.00 bits per heavy atom. The van der Waals surface area contributed by atoms with E-state index >= 15 is 0 Å². The smallest absolute Gasteiger partial charge is 0.270 e. The topological polar surface area (TPSA) is 98.0 Å². The first-order chi connectivity index (χ1) is 13.0. The van der Waals surface area contributed by atoms with Crippen LogP contribution >= 0.6 is 22.9 Å². The summed E-state index contributed by atoms with van der Waals surface area (Å²) in [5.74, 6) is -0.393. The highest BCUT2D eigenvalue weighted by Gasteiger charge is 2.08. The Bertz CT molecular complexity index is 1000. The summed E-state index contributed by atoms with van der Waals surface area (Å²) in [4.78, 5) is 22.3. The molecule has 0 aliphatic carbocycles. The summed E-state index contributed by atoms with van der Waals surface area (Å²) >= 11 is 7.14. The Morgan fingerprint density at radius 3 is 2.74 bits per heavy atom. The van der Waals surface area contributed by atoms with E-state index in [9.17, 15) is 14.9 Å². The summed E-state index contributed by atoms with van der Waals surface area (Å²) in [5.41, 5.74) is 1.56. The predicted octanol–water partition coefficient (Wildman–Crippen LogP) is 4.34. The van der Waals surface area contributed by atoms with Crippen molar-refractivity contribution < 1.29 is 9.72 Å². The Hall–Kier alpha value is -3.10. The van der Waals surface area contributed by atoms with Gasteiger partial charge in [-0.2, -0.15) is 0 Å². The molecular formula is C18H13ClN4O3S. The molecule has 0 atom stereocenters. The maximum Gasteiger partial charge on any atom is 0.270 e. The van der Waals surface area contributed by atoms with Gasteiger partial charge in [-0.05, 0) is 29.3 Å². The van der Waals surface area contributed by atoms with Gasteiger partial charge in [0.1, 0.15) is 5.01 Å². The second-order valence-electron chi connectivity index (χ2n) is 5.48. The molecule has 9 heteroatoms. The third-order valence-electron chi connectivity index (χ3n) is 3.47. The fraction of sp³-hybridized carbons (Fsp3) is 0.0556. The summed E-state index contributed by atoms with van der Waals surface area (Å²) in [5, 5.41) is 23.2. The predicted molar refractivity (Wildman–Crippen MR) is 105 cm³/mol. The minimum atomic E-state index is -0.485. The Balaban J connectivity index is 1.59. The van der Waals surface area contributed by atoms with Crippen molar-refractivity contribution in [1.29, 1.82) is 0 Å². The standard InChI is InChI=1S/C18H13ClN4O3S/c19-14-7-4-13(5-8-14)11-17-21-22-18(27-17)20-16(24)9-6-12-2-1-3-15(10-12)23(25)26/h1-10H,11H2,(H,20,22,24)/b9-6+. The average molecular weight is 401 g/mol. The number of amides is 1. The van der Waals surface area contributed by atoms with Crippen molar-refractivity contribution in [3.63, 3.8) is 0 Å². The molecule has 7 nitrogen and oxygen atoms in total. The fourth-order valence-corrected chi connectivity index (χ4v) is 3.12. The van der Waals surface area contributed by atoms with Gasteiger partial charge >= 0.3 is 0 Å². The molecule has 0 unspecified atom stereocenters. The second-order valence-corrected chi connectivity index (χ2v) is 6.98. The molecule has 1 aromatic heterocycles. The van der Waals surface area contributed by atoms with Gasteiger partial charge in [0.2, 0.25) is 11.0 Å². The molecule has 1 N–H and O–H groups in total. The summed E-state index contributed by atoms with van der Waals surface area (Å²) in [6.45, 7) is 0. The molecule has 0 aliphatic rings. The number of benzene rings is 2. The van der Waals surface area contributed by atoms with Crippen LogP contribution in [-0.2, 0) is 11.2 Å². The number of nitrogens with zero attached hydrogens (tertiary/aromatic N) is 3. The average Bonchev–Trinajstić information content (AvgIpc) is 3.09. The molecule has 1 amide bonds. The maximum atomic E-state index is 12.0. The summed E-state index contributed by atoms with van der Waals surface area (Å²) in [6.07, 6.45) is 3.38. The monoisotopic (exact) mass is 400 g/mol. The quantitative estimate of drug-likeness (QED) is 0.377. The lowest BCUT2D eigenvalue weighted by atomic mass is 10.2. The number of carbonyl (C=O) groups is 1. The number of aromatic nitrogens is 2. The number of anilines is 1. The van der Waals surface area contributed by atoms with Crippen molar-refractivity contribution in [3.8, 4) is 0 Å². The molecule has 0 aliphatic heterocycles. The minimum Gasteiger partial charge on any atom is -0.297 e. The van der Waals surface area contributed by atoms with Crippen LogP contribution in [0.3, 0.4) is 0 Å². The van der Waals surface area contributed by atoms with Gasteiger partial charge in [0.25, 0.3) is 5.69 Å². The van der Waals surface area contributed by atoms with E-state index in [4.69, 9.17) is 11.6 Å². The van der Waals surface area contributed by atoms with Crippen molar-refractivity contribution in [2.45, 2.75) is 6.42 Å². The number of nitrogens with one attached hydrogen (secondary N) is 1. The van der Waals surface area contributed by atoms with Gasteiger partial charge in [-0.25, -0.2) is 0 Å². The lowest BCUT2D eigenvalue weighted by Gasteiger charge is -1.97. The number of non-ortho nitro benzene ring substituents is 1. The lowest BCUT2D eigenvalue weighted by molar-refractivity contribution is -0.384. The van der Waals surface area contributed by atoms with E-state index in [0.29, 0.717) is 22.1 Å². The van der Waals surface area contributed by atoms with Gasteiger partial charge in [0.05, 0.1) is 4.92 Å². The number of rotatable bonds is 6. The van der Waals surface area contributed by atoms with E-state index < -0.39 is 10.8 Å². The molecule has 0 spiro atoms. The first-order valence-electron chi connectivity index (χ1n) is 7.80. The van der Waals surface area contributed by atoms with Crippen LogP contribution in [0, 0.1) is 10.1 Å². The highest BCUT2D eigenvalue weighted by atomic mass is 35.5. The van der Waals surface area contributed by atoms with Crippen LogP contribution in [0.25, 0.3) is 6.08 Å². The van der Waals surface area contributed by atoms with Gasteiger partial charge in [0, 0.05) is 29.7 Å². The molecule has 0 saturated heterocycles. The largest absolute Gasteiger partial charge is 0.297 e. The van der Waals surface area contributed by atoms with Crippen LogP contribution in [0.15, 0.2) is 54.6 Å². The van der Waals surface area contributed by atoms with Gasteiger partial charge in [0.15, 0.2) is 0 Å². The zero-order valence-corrected chi connectivity index (χ0v) is 15.4. The van der Waals surface area contributed by atoms with E-state index in [-0.39, 0.29) is 5.69 Å². The van der Waals surface area contributed by atoms with E-state index in [2.05, 4.69) is 15.5 Å². The normalized spacial score (nSPS) is 10.9. The van der Waals surface area contributed by atoms with Crippen LogP contribution < -0.4 is 5.32 Å². The van der Waals surface area contributed by atoms with Gasteiger partial charge in [-0.3, -0.25) is 20.2 Å². The van der Waals surface area contributed by atoms with Gasteiger partial charge in [-0.1, -0.05) is 47.2 Å². The Kier molecular flexibility index (Phi) is 5.90. The first-order valence-corrected chi connectivity index (χ1v) is 8.99. The molecule has 2 aromatic carbocycles. The summed E-state index contributed by atoms with van der Waals surface area (Å²) in [7, 11) is 0. The molecule has 0 saturated carbocycles. The molecule has 0 radical (unpaired) electrons. The molecule has 0 fully saturated rings. The Morgan fingerprint density at radius 1 is 1.22 bits per heavy atom. The fourth-order valence-electron chi connectivity index (χ4n) is 2.21. The third-order valence-corrected chi connectivity index (χ3v) is 4.56. The third kappa shape index (κ3) is 5.44. The van der Waals surface area contributed by atoms with E-state index in [1.54, 1.807) is 24.3 Å². The Labute approximate surface area is 163 Å². The molecular weight excluding hydrogens is 388 g/mol. The SMILES string of the molecule is O=C(/C=C/c1cccc([N+](=O)[O-])c1)Nc1nnc(Cc2ccc(Cl)cc2)s1. The number of hydrogen-bond acceptors (Lipinski definition) is 6. The molecule has 3 rings (SSSR count). The molecule has 1 heterocycles. The van der Waals surface area contributed by atoms with Crippen molar-refractivity contribution in [3.05, 3.63) is 85.9 Å². The van der Waals surface area contributed by atoms with Crippen LogP contribution in [0.1, 0.15) is 16.1 Å². The van der Waals surface area contributed by atoms with Crippen LogP contribution in [0.5, 0.6) is 0 Å². The second kappa shape index (κ2) is 8.52. The number of hydrogen-bond donors (Lipinski definition) is 1.